The molecule has 0 fully saturated rings. The third kappa shape index (κ3) is 5.77. The molecule has 0 unspecified atom stereocenters. The van der Waals surface area contributed by atoms with Gasteiger partial charge in [-0.3, -0.25) is 19.7 Å². The largest absolute Gasteiger partial charge is 0.343 e. The van der Waals surface area contributed by atoms with Crippen LogP contribution in [0.15, 0.2) is 84.9 Å². The van der Waals surface area contributed by atoms with Crippen LogP contribution in [0.25, 0.3) is 11.3 Å². The van der Waals surface area contributed by atoms with E-state index in [1.165, 1.54) is 18.2 Å². The minimum atomic E-state index is -0.581. The number of amides is 2. The Morgan fingerprint density at radius 3 is 2.46 bits per heavy atom. The average molecular weight is 470 g/mol. The molecule has 0 bridgehead atoms. The van der Waals surface area contributed by atoms with Gasteiger partial charge in [0.05, 0.1) is 23.7 Å². The lowest BCUT2D eigenvalue weighted by molar-refractivity contribution is -0.384. The summed E-state index contributed by atoms with van der Waals surface area (Å²) in [6, 6.07) is 24.7. The minimum absolute atomic E-state index is 0.1000. The first-order valence-corrected chi connectivity index (χ1v) is 10.9. The Morgan fingerprint density at radius 2 is 1.71 bits per heavy atom. The van der Waals surface area contributed by atoms with E-state index in [1.807, 2.05) is 61.5 Å². The molecule has 176 valence electrons. The van der Waals surface area contributed by atoms with Gasteiger partial charge < -0.3 is 10.6 Å². The summed E-state index contributed by atoms with van der Waals surface area (Å²) in [6.07, 6.45) is 0. The topological polar surface area (TPSA) is 119 Å². The maximum atomic E-state index is 12.7. The lowest BCUT2D eigenvalue weighted by Gasteiger charge is -2.10. The van der Waals surface area contributed by atoms with Gasteiger partial charge in [-0.25, -0.2) is 4.68 Å². The Bertz CT molecular complexity index is 1380. The molecule has 4 rings (SSSR count). The molecule has 0 radical (unpaired) electrons. The number of anilines is 1. The summed E-state index contributed by atoms with van der Waals surface area (Å²) >= 11 is 0. The zero-order valence-corrected chi connectivity index (χ0v) is 19.0. The van der Waals surface area contributed by atoms with E-state index in [2.05, 4.69) is 10.6 Å². The number of nitro groups is 1. The van der Waals surface area contributed by atoms with E-state index in [0.29, 0.717) is 12.4 Å². The van der Waals surface area contributed by atoms with Crippen LogP contribution < -0.4 is 10.6 Å². The standard InChI is InChI=1S/C26H23N5O4/c1-18-8-5-6-13-22(18)23-15-24(30(29-23)17-19-9-3-2-4-10-19)28-25(32)16-27-26(33)20-11-7-12-21(14-20)31(34)35/h2-15H,16-17H2,1H3,(H,27,33)(H,28,32). The van der Waals surface area contributed by atoms with Crippen molar-refractivity contribution in [1.29, 1.82) is 0 Å². The van der Waals surface area contributed by atoms with Gasteiger partial charge in [0.15, 0.2) is 0 Å². The average Bonchev–Trinajstić information content (AvgIpc) is 3.25. The van der Waals surface area contributed by atoms with Gasteiger partial charge in [-0.15, -0.1) is 0 Å². The Kier molecular flexibility index (Phi) is 6.96. The highest BCUT2D eigenvalue weighted by Gasteiger charge is 2.16. The number of nitro benzene ring substituents is 1. The predicted molar refractivity (Wildman–Crippen MR) is 132 cm³/mol. The number of carbonyl (C=O) groups is 2. The maximum absolute atomic E-state index is 12.7. The van der Waals surface area contributed by atoms with Crippen LogP contribution in [0.1, 0.15) is 21.5 Å². The zero-order chi connectivity index (χ0) is 24.8. The molecule has 0 saturated heterocycles. The van der Waals surface area contributed by atoms with Crippen LogP contribution in [-0.4, -0.2) is 33.1 Å². The molecule has 0 saturated carbocycles. The fourth-order valence-electron chi connectivity index (χ4n) is 3.60. The number of non-ortho nitro benzene ring substituents is 1. The molecule has 0 aliphatic carbocycles. The van der Waals surface area contributed by atoms with Crippen molar-refractivity contribution < 1.29 is 14.5 Å². The van der Waals surface area contributed by atoms with Gasteiger partial charge in [0.2, 0.25) is 5.91 Å². The van der Waals surface area contributed by atoms with Gasteiger partial charge in [0, 0.05) is 29.3 Å². The van der Waals surface area contributed by atoms with Crippen LogP contribution in [0.3, 0.4) is 0 Å². The number of aryl methyl sites for hydroxylation is 1. The van der Waals surface area contributed by atoms with Crippen molar-refractivity contribution >= 4 is 23.3 Å². The minimum Gasteiger partial charge on any atom is -0.343 e. The van der Waals surface area contributed by atoms with E-state index < -0.39 is 16.7 Å². The number of benzene rings is 3. The third-order valence-corrected chi connectivity index (χ3v) is 5.37. The first kappa shape index (κ1) is 23.4. The van der Waals surface area contributed by atoms with E-state index in [0.717, 1.165) is 28.5 Å². The number of hydrogen-bond donors (Lipinski definition) is 2. The number of carbonyl (C=O) groups excluding carboxylic acids is 2. The Labute approximate surface area is 201 Å². The molecule has 0 aliphatic rings. The molecule has 1 aromatic heterocycles. The molecule has 2 N–H and O–H groups in total. The van der Waals surface area contributed by atoms with Crippen molar-refractivity contribution in [3.63, 3.8) is 0 Å². The van der Waals surface area contributed by atoms with Crippen molar-refractivity contribution in [1.82, 2.24) is 15.1 Å². The van der Waals surface area contributed by atoms with Crippen molar-refractivity contribution in [2.75, 3.05) is 11.9 Å². The van der Waals surface area contributed by atoms with Crippen molar-refractivity contribution in [2.45, 2.75) is 13.5 Å². The molecule has 0 spiro atoms. The molecular formula is C26H23N5O4. The first-order valence-electron chi connectivity index (χ1n) is 10.9. The van der Waals surface area contributed by atoms with E-state index in [9.17, 15) is 19.7 Å². The van der Waals surface area contributed by atoms with Crippen LogP contribution in [0.5, 0.6) is 0 Å². The highest BCUT2D eigenvalue weighted by molar-refractivity contribution is 5.99. The number of nitrogens with one attached hydrogen (secondary N) is 2. The van der Waals surface area contributed by atoms with Gasteiger partial charge in [0.25, 0.3) is 11.6 Å². The van der Waals surface area contributed by atoms with Crippen LogP contribution >= 0.6 is 0 Å². The molecule has 9 heteroatoms. The lowest BCUT2D eigenvalue weighted by atomic mass is 10.1. The predicted octanol–water partition coefficient (Wildman–Crippen LogP) is 4.18. The fourth-order valence-corrected chi connectivity index (χ4v) is 3.60. The SMILES string of the molecule is Cc1ccccc1-c1cc(NC(=O)CNC(=O)c2cccc([N+](=O)[O-])c2)n(Cc2ccccc2)n1. The Morgan fingerprint density at radius 1 is 0.971 bits per heavy atom. The Hall–Kier alpha value is -4.79. The summed E-state index contributed by atoms with van der Waals surface area (Å²) in [5, 5.41) is 21.0. The molecule has 9 nitrogen and oxygen atoms in total. The van der Waals surface area contributed by atoms with E-state index in [-0.39, 0.29) is 17.8 Å². The third-order valence-electron chi connectivity index (χ3n) is 5.37. The van der Waals surface area contributed by atoms with Gasteiger partial charge in [-0.05, 0) is 24.1 Å². The number of aromatic nitrogens is 2. The summed E-state index contributed by atoms with van der Waals surface area (Å²) in [7, 11) is 0. The highest BCUT2D eigenvalue weighted by Crippen LogP contribution is 2.25. The number of nitrogens with zero attached hydrogens (tertiary/aromatic N) is 3. The van der Waals surface area contributed by atoms with Gasteiger partial charge in [0.1, 0.15) is 5.82 Å². The smallest absolute Gasteiger partial charge is 0.270 e. The van der Waals surface area contributed by atoms with Crippen LogP contribution in [-0.2, 0) is 11.3 Å². The quantitative estimate of drug-likeness (QED) is 0.296. The number of hydrogen-bond acceptors (Lipinski definition) is 5. The summed E-state index contributed by atoms with van der Waals surface area (Å²) in [5.74, 6) is -0.543. The van der Waals surface area contributed by atoms with E-state index in [1.54, 1.807) is 10.7 Å². The fraction of sp³-hybridized carbons (Fsp3) is 0.115. The molecular weight excluding hydrogens is 446 g/mol. The highest BCUT2D eigenvalue weighted by atomic mass is 16.6. The molecule has 0 aliphatic heterocycles. The molecule has 3 aromatic carbocycles. The number of rotatable bonds is 8. The van der Waals surface area contributed by atoms with Crippen molar-refractivity contribution in [3.8, 4) is 11.3 Å². The Balaban J connectivity index is 1.50. The maximum Gasteiger partial charge on any atom is 0.270 e. The van der Waals surface area contributed by atoms with Gasteiger partial charge in [-0.1, -0.05) is 60.7 Å². The summed E-state index contributed by atoms with van der Waals surface area (Å²) < 4.78 is 1.71. The van der Waals surface area contributed by atoms with Crippen LogP contribution in [0.2, 0.25) is 0 Å². The van der Waals surface area contributed by atoms with Crippen LogP contribution in [0, 0.1) is 17.0 Å². The van der Waals surface area contributed by atoms with Crippen LogP contribution in [0.4, 0.5) is 11.5 Å². The first-order chi connectivity index (χ1) is 16.9. The summed E-state index contributed by atoms with van der Waals surface area (Å²) in [4.78, 5) is 35.4. The molecule has 2 amide bonds. The van der Waals surface area contributed by atoms with Crippen molar-refractivity contribution in [2.24, 2.45) is 0 Å². The van der Waals surface area contributed by atoms with E-state index >= 15 is 0 Å². The van der Waals surface area contributed by atoms with Gasteiger partial charge in [-0.2, -0.15) is 5.10 Å². The summed E-state index contributed by atoms with van der Waals surface area (Å²) in [6.45, 7) is 2.13. The normalized spacial score (nSPS) is 10.5. The van der Waals surface area contributed by atoms with Gasteiger partial charge >= 0.3 is 0 Å². The second-order valence-electron chi connectivity index (χ2n) is 7.91. The second kappa shape index (κ2) is 10.4. The summed E-state index contributed by atoms with van der Waals surface area (Å²) in [5.41, 5.74) is 3.64. The molecule has 0 atom stereocenters. The van der Waals surface area contributed by atoms with E-state index in [4.69, 9.17) is 5.10 Å². The lowest BCUT2D eigenvalue weighted by Crippen LogP contribution is -2.33. The monoisotopic (exact) mass is 469 g/mol. The molecule has 35 heavy (non-hydrogen) atoms. The zero-order valence-electron chi connectivity index (χ0n) is 19.0. The molecule has 4 aromatic rings. The van der Waals surface area contributed by atoms with Crippen molar-refractivity contribution in [3.05, 3.63) is 112 Å². The molecule has 1 heterocycles. The second-order valence-corrected chi connectivity index (χ2v) is 7.91.